The molecule has 0 aliphatic rings. The third-order valence-corrected chi connectivity index (χ3v) is 1.28. The summed E-state index contributed by atoms with van der Waals surface area (Å²) >= 11 is 0. The first-order chi connectivity index (χ1) is 5.09. The maximum absolute atomic E-state index is 10.2. The lowest BCUT2D eigenvalue weighted by molar-refractivity contribution is -0.137. The van der Waals surface area contributed by atoms with E-state index < -0.39 is 5.97 Å². The second kappa shape index (κ2) is 2.61. The van der Waals surface area contributed by atoms with Crippen molar-refractivity contribution in [3.8, 4) is 0 Å². The summed E-state index contributed by atoms with van der Waals surface area (Å²) in [6, 6.07) is 0. The summed E-state index contributed by atoms with van der Waals surface area (Å²) in [5, 5.41) is 12.2. The first-order valence-electron chi connectivity index (χ1n) is 3.11. The zero-order chi connectivity index (χ0) is 8.43. The number of anilines is 1. The van der Waals surface area contributed by atoms with Crippen LogP contribution in [0.25, 0.3) is 0 Å². The summed E-state index contributed by atoms with van der Waals surface area (Å²) in [7, 11) is 0. The van der Waals surface area contributed by atoms with Gasteiger partial charge < -0.3 is 10.8 Å². The third-order valence-electron chi connectivity index (χ3n) is 1.28. The van der Waals surface area contributed by atoms with E-state index in [2.05, 4.69) is 5.10 Å². The van der Waals surface area contributed by atoms with Crippen LogP contribution in [0.4, 0.5) is 5.69 Å². The Labute approximate surface area is 63.4 Å². The molecule has 0 aliphatic heterocycles. The Morgan fingerprint density at radius 3 is 2.91 bits per heavy atom. The molecule has 1 heterocycles. The van der Waals surface area contributed by atoms with E-state index in [0.29, 0.717) is 11.4 Å². The molecule has 0 radical (unpaired) electrons. The zero-order valence-electron chi connectivity index (χ0n) is 6.11. The largest absolute Gasteiger partial charge is 0.480 e. The Bertz CT molecular complexity index is 260. The van der Waals surface area contributed by atoms with Crippen LogP contribution in [0, 0.1) is 6.92 Å². The molecule has 0 unspecified atom stereocenters. The number of rotatable bonds is 2. The maximum atomic E-state index is 10.2. The van der Waals surface area contributed by atoms with Gasteiger partial charge in [0.05, 0.1) is 11.4 Å². The molecular formula is C6H9N3O2. The van der Waals surface area contributed by atoms with Crippen molar-refractivity contribution < 1.29 is 9.90 Å². The standard InChI is InChI=1S/C6H9N3O2/c1-4-5(7)2-9(8-4)3-6(10)11/h2H,3,7H2,1H3,(H,10,11). The zero-order valence-corrected chi connectivity index (χ0v) is 6.11. The van der Waals surface area contributed by atoms with Crippen LogP contribution in [0.3, 0.4) is 0 Å². The van der Waals surface area contributed by atoms with Gasteiger partial charge in [-0.1, -0.05) is 0 Å². The highest BCUT2D eigenvalue weighted by Gasteiger charge is 2.03. The molecule has 11 heavy (non-hydrogen) atoms. The van der Waals surface area contributed by atoms with Gasteiger partial charge >= 0.3 is 5.97 Å². The number of hydrogen-bond acceptors (Lipinski definition) is 3. The van der Waals surface area contributed by atoms with Crippen molar-refractivity contribution >= 4 is 11.7 Å². The van der Waals surface area contributed by atoms with E-state index >= 15 is 0 Å². The molecule has 1 aromatic rings. The van der Waals surface area contributed by atoms with Gasteiger partial charge in [-0.25, -0.2) is 0 Å². The third kappa shape index (κ3) is 1.70. The van der Waals surface area contributed by atoms with Gasteiger partial charge in [-0.05, 0) is 6.92 Å². The molecule has 0 fully saturated rings. The van der Waals surface area contributed by atoms with Gasteiger partial charge in [-0.3, -0.25) is 9.48 Å². The number of carboxylic acid groups (broad SMARTS) is 1. The van der Waals surface area contributed by atoms with Crippen LogP contribution in [0.15, 0.2) is 6.20 Å². The molecule has 0 atom stereocenters. The van der Waals surface area contributed by atoms with Gasteiger partial charge in [0.15, 0.2) is 0 Å². The highest BCUT2D eigenvalue weighted by atomic mass is 16.4. The number of carboxylic acids is 1. The first kappa shape index (κ1) is 7.59. The van der Waals surface area contributed by atoms with Crippen LogP contribution in [-0.2, 0) is 11.3 Å². The Kier molecular flexibility index (Phi) is 1.80. The van der Waals surface area contributed by atoms with Crippen LogP contribution >= 0.6 is 0 Å². The quantitative estimate of drug-likeness (QED) is 0.622. The normalized spacial score (nSPS) is 9.91. The molecule has 0 saturated heterocycles. The fraction of sp³-hybridized carbons (Fsp3) is 0.333. The number of nitrogens with two attached hydrogens (primary N) is 1. The Morgan fingerprint density at radius 1 is 1.91 bits per heavy atom. The fourth-order valence-corrected chi connectivity index (χ4v) is 0.753. The number of aromatic nitrogens is 2. The molecule has 0 amide bonds. The fourth-order valence-electron chi connectivity index (χ4n) is 0.753. The molecule has 5 heteroatoms. The second-order valence-corrected chi connectivity index (χ2v) is 2.26. The monoisotopic (exact) mass is 155 g/mol. The Balaban J connectivity index is 2.81. The molecule has 1 rings (SSSR count). The predicted octanol–water partition coefficient (Wildman–Crippen LogP) is -0.142. The Morgan fingerprint density at radius 2 is 2.55 bits per heavy atom. The number of aliphatic carboxylic acids is 1. The van der Waals surface area contributed by atoms with Gasteiger partial charge in [-0.2, -0.15) is 5.10 Å². The van der Waals surface area contributed by atoms with Crippen molar-refractivity contribution in [2.45, 2.75) is 13.5 Å². The second-order valence-electron chi connectivity index (χ2n) is 2.26. The van der Waals surface area contributed by atoms with E-state index in [4.69, 9.17) is 10.8 Å². The molecule has 0 aromatic carbocycles. The minimum atomic E-state index is -0.924. The van der Waals surface area contributed by atoms with Crippen LogP contribution in [-0.4, -0.2) is 20.9 Å². The molecule has 60 valence electrons. The van der Waals surface area contributed by atoms with Crippen molar-refractivity contribution in [2.24, 2.45) is 0 Å². The summed E-state index contributed by atoms with van der Waals surface area (Å²) in [4.78, 5) is 10.2. The SMILES string of the molecule is Cc1nn(CC(=O)O)cc1N. The van der Waals surface area contributed by atoms with Gasteiger partial charge in [-0.15, -0.1) is 0 Å². The van der Waals surface area contributed by atoms with Crippen molar-refractivity contribution in [1.29, 1.82) is 0 Å². The smallest absolute Gasteiger partial charge is 0.325 e. The topological polar surface area (TPSA) is 81.1 Å². The van der Waals surface area contributed by atoms with E-state index in [-0.39, 0.29) is 6.54 Å². The lowest BCUT2D eigenvalue weighted by atomic mass is 10.4. The van der Waals surface area contributed by atoms with E-state index in [1.807, 2.05) is 0 Å². The molecule has 0 spiro atoms. The van der Waals surface area contributed by atoms with E-state index in [1.165, 1.54) is 10.9 Å². The number of nitrogen functional groups attached to an aromatic ring is 1. The molecular weight excluding hydrogens is 146 g/mol. The van der Waals surface area contributed by atoms with Crippen LogP contribution < -0.4 is 5.73 Å². The molecule has 0 bridgehead atoms. The minimum Gasteiger partial charge on any atom is -0.480 e. The maximum Gasteiger partial charge on any atom is 0.325 e. The molecule has 0 saturated carbocycles. The highest BCUT2D eigenvalue weighted by Crippen LogP contribution is 2.05. The summed E-state index contributed by atoms with van der Waals surface area (Å²) in [6.07, 6.45) is 1.50. The van der Waals surface area contributed by atoms with E-state index in [9.17, 15) is 4.79 Å². The average Bonchev–Trinajstić information content (AvgIpc) is 2.10. The molecule has 3 N–H and O–H groups in total. The Hall–Kier alpha value is -1.52. The van der Waals surface area contributed by atoms with Gasteiger partial charge in [0.25, 0.3) is 0 Å². The van der Waals surface area contributed by atoms with Crippen LogP contribution in [0.2, 0.25) is 0 Å². The number of carbonyl (C=O) groups is 1. The van der Waals surface area contributed by atoms with Crippen LogP contribution in [0.1, 0.15) is 5.69 Å². The summed E-state index contributed by atoms with van der Waals surface area (Å²) in [5.41, 5.74) is 6.62. The van der Waals surface area contributed by atoms with Crippen molar-refractivity contribution in [3.05, 3.63) is 11.9 Å². The summed E-state index contributed by atoms with van der Waals surface area (Å²) in [6.45, 7) is 1.59. The minimum absolute atomic E-state index is 0.141. The van der Waals surface area contributed by atoms with Crippen molar-refractivity contribution in [2.75, 3.05) is 5.73 Å². The molecule has 5 nitrogen and oxygen atoms in total. The number of nitrogens with zero attached hydrogens (tertiary/aromatic N) is 2. The summed E-state index contributed by atoms with van der Waals surface area (Å²) in [5.74, 6) is -0.924. The lowest BCUT2D eigenvalue weighted by Crippen LogP contribution is -2.08. The van der Waals surface area contributed by atoms with Crippen molar-refractivity contribution in [3.63, 3.8) is 0 Å². The van der Waals surface area contributed by atoms with Gasteiger partial charge in [0, 0.05) is 6.20 Å². The predicted molar refractivity (Wildman–Crippen MR) is 39.0 cm³/mol. The van der Waals surface area contributed by atoms with Crippen LogP contribution in [0.5, 0.6) is 0 Å². The van der Waals surface area contributed by atoms with E-state index in [1.54, 1.807) is 6.92 Å². The van der Waals surface area contributed by atoms with Crippen molar-refractivity contribution in [1.82, 2.24) is 9.78 Å². The van der Waals surface area contributed by atoms with Gasteiger partial charge in [0.2, 0.25) is 0 Å². The number of aryl methyl sites for hydroxylation is 1. The molecule has 1 aromatic heterocycles. The first-order valence-corrected chi connectivity index (χ1v) is 3.11. The van der Waals surface area contributed by atoms with E-state index in [0.717, 1.165) is 0 Å². The average molecular weight is 155 g/mol. The number of hydrogen-bond donors (Lipinski definition) is 2. The lowest BCUT2D eigenvalue weighted by Gasteiger charge is -1.92. The highest BCUT2D eigenvalue weighted by molar-refractivity contribution is 5.66. The van der Waals surface area contributed by atoms with Gasteiger partial charge in [0.1, 0.15) is 6.54 Å². The molecule has 0 aliphatic carbocycles. The summed E-state index contributed by atoms with van der Waals surface area (Å²) < 4.78 is 1.30.